The summed E-state index contributed by atoms with van der Waals surface area (Å²) in [6.45, 7) is 9.01. The van der Waals surface area contributed by atoms with Crippen LogP contribution < -0.4 is 0 Å². The van der Waals surface area contributed by atoms with Crippen LogP contribution in [0.3, 0.4) is 0 Å². The minimum Gasteiger partial charge on any atom is -0.489 e. The summed E-state index contributed by atoms with van der Waals surface area (Å²) >= 11 is 0. The fraction of sp³-hybridized carbons (Fsp3) is 0.360. The first kappa shape index (κ1) is 20.5. The highest BCUT2D eigenvalue weighted by molar-refractivity contribution is 6.04. The van der Waals surface area contributed by atoms with Crippen LogP contribution in [-0.2, 0) is 17.7 Å². The third-order valence-electron chi connectivity index (χ3n) is 6.00. The van der Waals surface area contributed by atoms with Crippen molar-refractivity contribution in [2.45, 2.75) is 46.8 Å². The fourth-order valence-electron chi connectivity index (χ4n) is 4.33. The zero-order valence-corrected chi connectivity index (χ0v) is 18.8. The average Bonchev–Trinajstić information content (AvgIpc) is 3.22. The Kier molecular flexibility index (Phi) is 4.92. The first-order valence-corrected chi connectivity index (χ1v) is 10.9. The van der Waals surface area contributed by atoms with Gasteiger partial charge in [-0.05, 0) is 30.7 Å². The van der Waals surface area contributed by atoms with Gasteiger partial charge in [0.15, 0.2) is 23.6 Å². The molecule has 0 fully saturated rings. The normalized spacial score (nSPS) is 20.3. The topological polar surface area (TPSA) is 62.4 Å². The Bertz CT molecular complexity index is 1210. The molecular weight excluding hydrogens is 405 g/mol. The molecule has 0 amide bonds. The number of azo groups is 1. The van der Waals surface area contributed by atoms with E-state index in [9.17, 15) is 4.39 Å². The van der Waals surface area contributed by atoms with Crippen molar-refractivity contribution in [3.8, 4) is 0 Å². The number of benzene rings is 1. The van der Waals surface area contributed by atoms with Crippen molar-refractivity contribution in [2.24, 2.45) is 20.6 Å². The van der Waals surface area contributed by atoms with Gasteiger partial charge in [0.25, 0.3) is 0 Å². The highest BCUT2D eigenvalue weighted by atomic mass is 19.1. The van der Waals surface area contributed by atoms with Crippen LogP contribution >= 0.6 is 0 Å². The Morgan fingerprint density at radius 2 is 2.00 bits per heavy atom. The number of aliphatic imine (C=N–C) groups is 1. The number of amidine groups is 1. The number of hydrogen-bond acceptors (Lipinski definition) is 6. The number of halogens is 1. The van der Waals surface area contributed by atoms with E-state index in [1.165, 1.54) is 6.07 Å². The van der Waals surface area contributed by atoms with Gasteiger partial charge in [-0.1, -0.05) is 39.0 Å². The van der Waals surface area contributed by atoms with E-state index >= 15 is 0 Å². The van der Waals surface area contributed by atoms with Gasteiger partial charge in [-0.15, -0.1) is 5.11 Å². The molecule has 3 aliphatic rings. The molecule has 0 spiro atoms. The van der Waals surface area contributed by atoms with E-state index in [4.69, 9.17) is 9.73 Å². The third kappa shape index (κ3) is 3.42. The van der Waals surface area contributed by atoms with Crippen LogP contribution in [0.5, 0.6) is 0 Å². The number of allylic oxidation sites excluding steroid dienone is 2. The smallest absolute Gasteiger partial charge is 0.174 e. The van der Waals surface area contributed by atoms with Gasteiger partial charge in [-0.2, -0.15) is 5.11 Å². The molecule has 5 rings (SSSR count). The summed E-state index contributed by atoms with van der Waals surface area (Å²) in [5, 5.41) is 9.20. The van der Waals surface area contributed by atoms with Crippen molar-refractivity contribution >= 4 is 11.4 Å². The molecule has 2 aromatic rings. The number of aryl methyl sites for hydroxylation is 1. The lowest BCUT2D eigenvalue weighted by molar-refractivity contribution is 0.197. The van der Waals surface area contributed by atoms with E-state index < -0.39 is 0 Å². The second-order valence-electron chi connectivity index (χ2n) is 9.32. The van der Waals surface area contributed by atoms with Crippen LogP contribution in [0.1, 0.15) is 43.2 Å². The number of fused-ring (bicyclic) bond motifs is 4. The molecule has 1 unspecified atom stereocenters. The van der Waals surface area contributed by atoms with Gasteiger partial charge in [0.05, 0.1) is 13.2 Å². The zero-order chi connectivity index (χ0) is 22.5. The fourth-order valence-corrected chi connectivity index (χ4v) is 4.33. The molecular formula is C25H26FN5O. The predicted octanol–water partition coefficient (Wildman–Crippen LogP) is 5.41. The Hall–Kier alpha value is -3.35. The highest BCUT2D eigenvalue weighted by Crippen LogP contribution is 2.42. The van der Waals surface area contributed by atoms with E-state index in [-0.39, 0.29) is 23.9 Å². The number of rotatable bonds is 1. The summed E-state index contributed by atoms with van der Waals surface area (Å²) in [4.78, 5) is 11.4. The number of nitrogens with zero attached hydrogens (tertiary/aromatic N) is 5. The van der Waals surface area contributed by atoms with Gasteiger partial charge >= 0.3 is 0 Å². The molecule has 0 N–H and O–H groups in total. The van der Waals surface area contributed by atoms with Crippen molar-refractivity contribution in [3.63, 3.8) is 0 Å². The molecule has 164 valence electrons. The van der Waals surface area contributed by atoms with E-state index in [0.717, 1.165) is 28.2 Å². The Labute approximate surface area is 187 Å². The average molecular weight is 432 g/mol. The molecule has 4 heterocycles. The molecule has 0 aliphatic carbocycles. The molecule has 6 nitrogen and oxygen atoms in total. The largest absolute Gasteiger partial charge is 0.489 e. The summed E-state index contributed by atoms with van der Waals surface area (Å²) in [6, 6.07) is 9.12. The van der Waals surface area contributed by atoms with Gasteiger partial charge in [-0.3, -0.25) is 14.9 Å². The molecule has 1 aromatic heterocycles. The number of aromatic nitrogens is 1. The van der Waals surface area contributed by atoms with Gasteiger partial charge in [0, 0.05) is 40.4 Å². The summed E-state index contributed by atoms with van der Waals surface area (Å²) in [7, 11) is 0. The lowest BCUT2D eigenvalue weighted by Gasteiger charge is -2.36. The van der Waals surface area contributed by atoms with E-state index in [1.807, 2.05) is 36.1 Å². The first-order chi connectivity index (χ1) is 15.3. The van der Waals surface area contributed by atoms with E-state index in [2.05, 4.69) is 36.0 Å². The maximum absolute atomic E-state index is 14.6. The number of hydrogen-bond donors (Lipinski definition) is 0. The lowest BCUT2D eigenvalue weighted by Crippen LogP contribution is -2.45. The van der Waals surface area contributed by atoms with Crippen LogP contribution in [0.25, 0.3) is 5.57 Å². The minimum atomic E-state index is -0.253. The van der Waals surface area contributed by atoms with Crippen molar-refractivity contribution in [1.29, 1.82) is 0 Å². The zero-order valence-electron chi connectivity index (χ0n) is 18.8. The highest BCUT2D eigenvalue weighted by Gasteiger charge is 2.43. The Morgan fingerprint density at radius 1 is 1.16 bits per heavy atom. The summed E-state index contributed by atoms with van der Waals surface area (Å²) in [5.74, 6) is 1.79. The van der Waals surface area contributed by atoms with Crippen LogP contribution in [-0.4, -0.2) is 28.5 Å². The number of ether oxygens (including phenoxy) is 1. The standard InChI is InChI=1S/C25H26FN5O/c1-15-17(8-6-11-27-15)18-13-21-23(31-22(18)29-30-24(31)25(2,3)4)28-14-19-16(10-12-32-21)7-5-9-20(19)26/h5-9,11,13,24H,10,12,14H2,1-4H3. The molecule has 0 saturated heterocycles. The van der Waals surface area contributed by atoms with Crippen molar-refractivity contribution in [2.75, 3.05) is 6.61 Å². The molecule has 0 bridgehead atoms. The minimum absolute atomic E-state index is 0.201. The van der Waals surface area contributed by atoms with Crippen LogP contribution in [0.2, 0.25) is 0 Å². The Balaban J connectivity index is 1.68. The summed E-state index contributed by atoms with van der Waals surface area (Å²) < 4.78 is 20.9. The van der Waals surface area contributed by atoms with Crippen molar-refractivity contribution < 1.29 is 9.13 Å². The van der Waals surface area contributed by atoms with Gasteiger partial charge in [0.2, 0.25) is 0 Å². The summed E-state index contributed by atoms with van der Waals surface area (Å²) in [6.07, 6.45) is 4.12. The molecule has 1 atom stereocenters. The van der Waals surface area contributed by atoms with E-state index in [1.54, 1.807) is 12.3 Å². The molecule has 7 heteroatoms. The van der Waals surface area contributed by atoms with Crippen LogP contribution in [0, 0.1) is 18.2 Å². The van der Waals surface area contributed by atoms with Crippen molar-refractivity contribution in [3.05, 3.63) is 82.4 Å². The van der Waals surface area contributed by atoms with Gasteiger partial charge in [-0.25, -0.2) is 4.39 Å². The second-order valence-corrected chi connectivity index (χ2v) is 9.32. The maximum atomic E-state index is 14.6. The number of pyridine rings is 1. The van der Waals surface area contributed by atoms with Crippen LogP contribution in [0.4, 0.5) is 4.39 Å². The molecule has 1 aromatic carbocycles. The van der Waals surface area contributed by atoms with Crippen molar-refractivity contribution in [1.82, 2.24) is 9.88 Å². The molecule has 3 aliphatic heterocycles. The summed E-state index contributed by atoms with van der Waals surface area (Å²) in [5.41, 5.74) is 4.12. The van der Waals surface area contributed by atoms with E-state index in [0.29, 0.717) is 30.2 Å². The first-order valence-electron chi connectivity index (χ1n) is 10.9. The lowest BCUT2D eigenvalue weighted by atomic mass is 9.90. The molecule has 0 saturated carbocycles. The van der Waals surface area contributed by atoms with Gasteiger partial charge in [0.1, 0.15) is 5.82 Å². The third-order valence-corrected chi connectivity index (χ3v) is 6.00. The quantitative estimate of drug-likeness (QED) is 0.607. The van der Waals surface area contributed by atoms with Gasteiger partial charge < -0.3 is 4.74 Å². The molecule has 0 radical (unpaired) electrons. The maximum Gasteiger partial charge on any atom is 0.174 e. The van der Waals surface area contributed by atoms with Crippen LogP contribution in [0.15, 0.2) is 69.4 Å². The molecule has 32 heavy (non-hydrogen) atoms. The Morgan fingerprint density at radius 3 is 2.78 bits per heavy atom. The SMILES string of the molecule is Cc1ncccc1C1=C2N=NC(C(C)(C)C)N2C2=NCc3c(F)cccc3CCOC2=C1. The predicted molar refractivity (Wildman–Crippen MR) is 121 cm³/mol. The second kappa shape index (κ2) is 7.65. The monoisotopic (exact) mass is 431 g/mol.